The lowest BCUT2D eigenvalue weighted by Crippen LogP contribution is -2.08. The van der Waals surface area contributed by atoms with Gasteiger partial charge in [-0.1, -0.05) is 30.3 Å². The second kappa shape index (κ2) is 8.11. The number of para-hydroxylation sites is 1. The normalized spacial score (nSPS) is 10.7. The average Bonchev–Trinajstić information content (AvgIpc) is 3.02. The van der Waals surface area contributed by atoms with Crippen LogP contribution in [0.15, 0.2) is 60.7 Å². The Bertz CT molecular complexity index is 1020. The smallest absolute Gasteiger partial charge is 0.331 e. The fraction of sp³-hybridized carbons (Fsp3) is 0.0952. The Hall–Kier alpha value is -3.72. The summed E-state index contributed by atoms with van der Waals surface area (Å²) in [6, 6.07) is 17.2. The molecule has 0 spiro atoms. The predicted molar refractivity (Wildman–Crippen MR) is 98.2 cm³/mol. The number of carbonyl (C=O) groups is 1. The Kier molecular flexibility index (Phi) is 5.43. The Morgan fingerprint density at radius 1 is 1.22 bits per heavy atom. The Labute approximate surface area is 155 Å². The van der Waals surface area contributed by atoms with Gasteiger partial charge in [0.15, 0.2) is 0 Å². The molecule has 6 heteroatoms. The van der Waals surface area contributed by atoms with Crippen LogP contribution in [0.3, 0.4) is 0 Å². The number of benzene rings is 2. The van der Waals surface area contributed by atoms with Crippen molar-refractivity contribution in [2.24, 2.45) is 0 Å². The van der Waals surface area contributed by atoms with E-state index in [-0.39, 0.29) is 12.4 Å². The quantitative estimate of drug-likeness (QED) is 0.510. The molecule has 0 fully saturated rings. The van der Waals surface area contributed by atoms with E-state index in [2.05, 4.69) is 11.2 Å². The highest BCUT2D eigenvalue weighted by Gasteiger charge is 2.17. The minimum absolute atomic E-state index is 0.0920. The number of rotatable bonds is 5. The van der Waals surface area contributed by atoms with Gasteiger partial charge in [-0.2, -0.15) is 10.4 Å². The monoisotopic (exact) mass is 361 g/mol. The Morgan fingerprint density at radius 3 is 2.59 bits per heavy atom. The van der Waals surface area contributed by atoms with Crippen molar-refractivity contribution in [2.75, 3.05) is 0 Å². The van der Waals surface area contributed by atoms with Gasteiger partial charge < -0.3 is 4.74 Å². The molecule has 0 saturated heterocycles. The van der Waals surface area contributed by atoms with Crippen LogP contribution in [0.25, 0.3) is 11.8 Å². The first kappa shape index (κ1) is 18.1. The van der Waals surface area contributed by atoms with Crippen molar-refractivity contribution in [2.45, 2.75) is 13.5 Å². The number of hydrogen-bond acceptors (Lipinski definition) is 4. The van der Waals surface area contributed by atoms with Crippen LogP contribution in [-0.4, -0.2) is 15.7 Å². The molecule has 0 radical (unpaired) electrons. The lowest BCUT2D eigenvalue weighted by Gasteiger charge is -2.08. The van der Waals surface area contributed by atoms with E-state index >= 15 is 0 Å². The molecule has 0 N–H and O–H groups in total. The van der Waals surface area contributed by atoms with Gasteiger partial charge in [0.25, 0.3) is 0 Å². The first-order valence-electron chi connectivity index (χ1n) is 8.23. The Balaban J connectivity index is 1.76. The van der Waals surface area contributed by atoms with Gasteiger partial charge in [0.1, 0.15) is 24.1 Å². The Morgan fingerprint density at radius 2 is 1.93 bits per heavy atom. The van der Waals surface area contributed by atoms with Crippen LogP contribution in [0.5, 0.6) is 0 Å². The first-order valence-corrected chi connectivity index (χ1v) is 8.23. The van der Waals surface area contributed by atoms with Crippen LogP contribution >= 0.6 is 0 Å². The molecule has 0 aliphatic carbocycles. The number of nitrogens with zero attached hydrogens (tertiary/aromatic N) is 3. The van der Waals surface area contributed by atoms with E-state index in [9.17, 15) is 14.4 Å². The van der Waals surface area contributed by atoms with Gasteiger partial charge in [-0.05, 0) is 42.8 Å². The fourth-order valence-corrected chi connectivity index (χ4v) is 2.56. The molecule has 0 aliphatic rings. The summed E-state index contributed by atoms with van der Waals surface area (Å²) in [7, 11) is 0. The number of nitriles is 1. The van der Waals surface area contributed by atoms with E-state index in [4.69, 9.17) is 4.74 Å². The molecular formula is C21H16FN3O2. The number of halogens is 1. The molecule has 0 amide bonds. The van der Waals surface area contributed by atoms with Crippen molar-refractivity contribution in [3.63, 3.8) is 0 Å². The van der Waals surface area contributed by atoms with Crippen LogP contribution in [0.2, 0.25) is 0 Å². The van der Waals surface area contributed by atoms with Gasteiger partial charge in [0.2, 0.25) is 0 Å². The van der Waals surface area contributed by atoms with Crippen LogP contribution in [-0.2, 0) is 16.1 Å². The zero-order valence-electron chi connectivity index (χ0n) is 14.6. The molecule has 0 saturated carbocycles. The lowest BCUT2D eigenvalue weighted by molar-refractivity contribution is -0.139. The van der Waals surface area contributed by atoms with Gasteiger partial charge in [-0.25, -0.2) is 13.9 Å². The number of aryl methyl sites for hydroxylation is 1. The van der Waals surface area contributed by atoms with E-state index in [1.807, 2.05) is 30.3 Å². The zero-order valence-corrected chi connectivity index (χ0v) is 14.6. The third kappa shape index (κ3) is 4.28. The third-order valence-corrected chi connectivity index (χ3v) is 3.90. The lowest BCUT2D eigenvalue weighted by atomic mass is 10.2. The maximum Gasteiger partial charge on any atom is 0.331 e. The van der Waals surface area contributed by atoms with Crippen LogP contribution in [0.1, 0.15) is 22.5 Å². The summed E-state index contributed by atoms with van der Waals surface area (Å²) in [6.07, 6.45) is 2.79. The number of aromatic nitrogens is 2. The summed E-state index contributed by atoms with van der Waals surface area (Å²) in [5, 5.41) is 13.8. The second-order valence-corrected chi connectivity index (χ2v) is 5.76. The summed E-state index contributed by atoms with van der Waals surface area (Å²) in [5.74, 6) is -0.912. The molecule has 1 aromatic heterocycles. The van der Waals surface area contributed by atoms with E-state index in [1.165, 1.54) is 24.3 Å². The molecule has 0 bridgehead atoms. The minimum atomic E-state index is -0.568. The van der Waals surface area contributed by atoms with E-state index in [0.717, 1.165) is 5.69 Å². The summed E-state index contributed by atoms with van der Waals surface area (Å²) < 4.78 is 19.8. The molecule has 1 heterocycles. The molecule has 2 aromatic carbocycles. The van der Waals surface area contributed by atoms with Crippen molar-refractivity contribution < 1.29 is 13.9 Å². The van der Waals surface area contributed by atoms with Crippen LogP contribution in [0, 0.1) is 24.1 Å². The minimum Gasteiger partial charge on any atom is -0.456 e. The summed E-state index contributed by atoms with van der Waals surface area (Å²) in [6.45, 7) is 1.64. The third-order valence-electron chi connectivity index (χ3n) is 3.90. The topological polar surface area (TPSA) is 67.9 Å². The molecular weight excluding hydrogens is 345 g/mol. The fourth-order valence-electron chi connectivity index (χ4n) is 2.56. The molecule has 0 unspecified atom stereocenters. The van der Waals surface area contributed by atoms with E-state index < -0.39 is 5.97 Å². The number of carbonyl (C=O) groups excluding carboxylic acids is 1. The van der Waals surface area contributed by atoms with Crippen molar-refractivity contribution >= 4 is 12.0 Å². The van der Waals surface area contributed by atoms with Gasteiger partial charge in [0.05, 0.1) is 17.1 Å². The van der Waals surface area contributed by atoms with Gasteiger partial charge in [-0.15, -0.1) is 0 Å². The molecule has 3 aromatic rings. The highest BCUT2D eigenvalue weighted by Crippen LogP contribution is 2.19. The molecule has 0 aliphatic heterocycles. The number of hydrogen-bond donors (Lipinski definition) is 0. The van der Waals surface area contributed by atoms with Crippen LogP contribution in [0.4, 0.5) is 4.39 Å². The predicted octanol–water partition coefficient (Wildman–Crippen LogP) is 3.95. The van der Waals surface area contributed by atoms with Crippen molar-refractivity contribution in [1.29, 1.82) is 5.26 Å². The number of ether oxygens (including phenoxy) is 1. The molecule has 5 nitrogen and oxygen atoms in total. The summed E-state index contributed by atoms with van der Waals surface area (Å²) >= 11 is 0. The van der Waals surface area contributed by atoms with E-state index in [0.29, 0.717) is 22.5 Å². The molecule has 0 atom stereocenters. The van der Waals surface area contributed by atoms with Gasteiger partial charge in [0, 0.05) is 6.08 Å². The maximum atomic E-state index is 12.9. The largest absolute Gasteiger partial charge is 0.456 e. The molecule has 134 valence electrons. The SMILES string of the molecule is Cc1nn(-c2ccccc2)c(COC(=O)/C=C/c2ccc(F)cc2)c1C#N. The van der Waals surface area contributed by atoms with Crippen molar-refractivity contribution in [3.05, 3.63) is 89.0 Å². The zero-order chi connectivity index (χ0) is 19.2. The average molecular weight is 361 g/mol. The van der Waals surface area contributed by atoms with Gasteiger partial charge in [-0.3, -0.25) is 0 Å². The summed E-state index contributed by atoms with van der Waals surface area (Å²) in [5.41, 5.74) is 2.90. The van der Waals surface area contributed by atoms with Crippen molar-refractivity contribution in [1.82, 2.24) is 9.78 Å². The van der Waals surface area contributed by atoms with Gasteiger partial charge >= 0.3 is 5.97 Å². The first-order chi connectivity index (χ1) is 13.1. The van der Waals surface area contributed by atoms with Crippen LogP contribution < -0.4 is 0 Å². The molecule has 27 heavy (non-hydrogen) atoms. The second-order valence-electron chi connectivity index (χ2n) is 5.76. The summed E-state index contributed by atoms with van der Waals surface area (Å²) in [4.78, 5) is 12.0. The van der Waals surface area contributed by atoms with E-state index in [1.54, 1.807) is 23.7 Å². The number of esters is 1. The molecule has 3 rings (SSSR count). The highest BCUT2D eigenvalue weighted by atomic mass is 19.1. The standard InChI is InChI=1S/C21H16FN3O2/c1-15-19(13-23)20(25(24-15)18-5-3-2-4-6-18)14-27-21(26)12-9-16-7-10-17(22)11-8-16/h2-12H,14H2,1H3/b12-9+. The highest BCUT2D eigenvalue weighted by molar-refractivity contribution is 5.87. The maximum absolute atomic E-state index is 12.9. The van der Waals surface area contributed by atoms with Crippen molar-refractivity contribution in [3.8, 4) is 11.8 Å².